The fourth-order valence-electron chi connectivity index (χ4n) is 2.66. The van der Waals surface area contributed by atoms with Crippen molar-refractivity contribution in [1.29, 1.82) is 0 Å². The van der Waals surface area contributed by atoms with E-state index in [0.29, 0.717) is 32.1 Å². The number of piperazine rings is 1. The summed E-state index contributed by atoms with van der Waals surface area (Å²) in [5, 5.41) is 0. The minimum atomic E-state index is 0.0642. The monoisotopic (exact) mass is 288 g/mol. The summed E-state index contributed by atoms with van der Waals surface area (Å²) in [4.78, 5) is 27.3. The molecule has 114 valence electrons. The second kappa shape index (κ2) is 6.74. The fraction of sp³-hybridized carbons (Fsp3) is 0.529. The van der Waals surface area contributed by atoms with Crippen molar-refractivity contribution in [2.45, 2.75) is 27.2 Å². The first kappa shape index (κ1) is 15.5. The molecule has 4 nitrogen and oxygen atoms in total. The second-order valence-corrected chi connectivity index (χ2v) is 6.09. The molecule has 0 aromatic heterocycles. The van der Waals surface area contributed by atoms with Crippen LogP contribution >= 0.6 is 0 Å². The van der Waals surface area contributed by atoms with E-state index in [1.165, 1.54) is 5.56 Å². The topological polar surface area (TPSA) is 40.6 Å². The zero-order valence-corrected chi connectivity index (χ0v) is 13.1. The largest absolute Gasteiger partial charge is 0.339 e. The van der Waals surface area contributed by atoms with Gasteiger partial charge in [0.1, 0.15) is 0 Å². The summed E-state index contributed by atoms with van der Waals surface area (Å²) in [5.74, 6) is 0.764. The Kier molecular flexibility index (Phi) is 4.99. The van der Waals surface area contributed by atoms with Crippen LogP contribution in [-0.4, -0.2) is 47.8 Å². The van der Waals surface area contributed by atoms with E-state index >= 15 is 0 Å². The number of carbonyl (C=O) groups excluding carboxylic acids is 2. The maximum absolute atomic E-state index is 12.4. The Morgan fingerprint density at radius 1 is 1.00 bits per heavy atom. The van der Waals surface area contributed by atoms with Gasteiger partial charge in [0.25, 0.3) is 5.91 Å². The number of benzene rings is 1. The minimum Gasteiger partial charge on any atom is -0.339 e. The van der Waals surface area contributed by atoms with Gasteiger partial charge in [0.2, 0.25) is 5.91 Å². The van der Waals surface area contributed by atoms with E-state index in [2.05, 4.69) is 13.8 Å². The van der Waals surface area contributed by atoms with Gasteiger partial charge in [-0.15, -0.1) is 0 Å². The van der Waals surface area contributed by atoms with Crippen LogP contribution in [0.3, 0.4) is 0 Å². The van der Waals surface area contributed by atoms with Crippen LogP contribution in [0, 0.1) is 5.92 Å². The molecular weight excluding hydrogens is 264 g/mol. The Hall–Kier alpha value is -1.84. The van der Waals surface area contributed by atoms with Gasteiger partial charge in [-0.1, -0.05) is 26.0 Å². The predicted octanol–water partition coefficient (Wildman–Crippen LogP) is 2.19. The highest BCUT2D eigenvalue weighted by molar-refractivity contribution is 5.94. The number of amides is 2. The zero-order valence-electron chi connectivity index (χ0n) is 13.1. The van der Waals surface area contributed by atoms with Crippen LogP contribution in [0.2, 0.25) is 0 Å². The molecule has 1 aromatic carbocycles. The van der Waals surface area contributed by atoms with E-state index in [1.807, 2.05) is 29.2 Å². The number of hydrogen-bond acceptors (Lipinski definition) is 2. The van der Waals surface area contributed by atoms with Crippen molar-refractivity contribution in [2.75, 3.05) is 26.2 Å². The van der Waals surface area contributed by atoms with Gasteiger partial charge in [-0.05, 0) is 30.0 Å². The first-order chi connectivity index (χ1) is 9.97. The fourth-order valence-corrected chi connectivity index (χ4v) is 2.66. The summed E-state index contributed by atoms with van der Waals surface area (Å²) >= 11 is 0. The lowest BCUT2D eigenvalue weighted by molar-refractivity contribution is -0.130. The van der Waals surface area contributed by atoms with Gasteiger partial charge in [0.05, 0.1) is 0 Å². The first-order valence-corrected chi connectivity index (χ1v) is 7.61. The Bertz CT molecular complexity index is 500. The molecule has 0 saturated carbocycles. The molecule has 1 heterocycles. The Balaban J connectivity index is 1.96. The molecule has 0 N–H and O–H groups in total. The molecule has 0 unspecified atom stereocenters. The molecule has 2 rings (SSSR count). The number of hydrogen-bond donors (Lipinski definition) is 0. The Labute approximate surface area is 126 Å². The summed E-state index contributed by atoms with van der Waals surface area (Å²) in [6.45, 7) is 8.45. The maximum atomic E-state index is 12.4. The molecule has 0 spiro atoms. The van der Waals surface area contributed by atoms with E-state index in [9.17, 15) is 9.59 Å². The van der Waals surface area contributed by atoms with Gasteiger partial charge >= 0.3 is 0 Å². The van der Waals surface area contributed by atoms with Crippen LogP contribution in [0.25, 0.3) is 0 Å². The van der Waals surface area contributed by atoms with Gasteiger partial charge in [0, 0.05) is 38.7 Å². The average Bonchev–Trinajstić information content (AvgIpc) is 2.47. The first-order valence-electron chi connectivity index (χ1n) is 7.61. The smallest absolute Gasteiger partial charge is 0.253 e. The van der Waals surface area contributed by atoms with Crippen LogP contribution in [-0.2, 0) is 11.2 Å². The van der Waals surface area contributed by atoms with Crippen molar-refractivity contribution in [1.82, 2.24) is 9.80 Å². The van der Waals surface area contributed by atoms with Crippen LogP contribution in [0.15, 0.2) is 24.3 Å². The third kappa shape index (κ3) is 4.06. The second-order valence-electron chi connectivity index (χ2n) is 6.09. The molecule has 1 saturated heterocycles. The predicted molar refractivity (Wildman–Crippen MR) is 83.1 cm³/mol. The number of nitrogens with zero attached hydrogens (tertiary/aromatic N) is 2. The van der Waals surface area contributed by atoms with Crippen molar-refractivity contribution in [3.8, 4) is 0 Å². The highest BCUT2D eigenvalue weighted by Crippen LogP contribution is 2.13. The molecule has 2 amide bonds. The lowest BCUT2D eigenvalue weighted by Crippen LogP contribution is -2.50. The van der Waals surface area contributed by atoms with Gasteiger partial charge in [0.15, 0.2) is 0 Å². The SMILES string of the molecule is CC(=O)N1CCN(C(=O)c2ccc(CC(C)C)cc2)CC1. The lowest BCUT2D eigenvalue weighted by atomic mass is 10.0. The third-order valence-electron chi connectivity index (χ3n) is 3.86. The highest BCUT2D eigenvalue weighted by Gasteiger charge is 2.23. The molecule has 4 heteroatoms. The quantitative estimate of drug-likeness (QED) is 0.855. The highest BCUT2D eigenvalue weighted by atomic mass is 16.2. The van der Waals surface area contributed by atoms with Gasteiger partial charge in [-0.25, -0.2) is 0 Å². The normalized spacial score (nSPS) is 15.4. The van der Waals surface area contributed by atoms with E-state index in [0.717, 1.165) is 12.0 Å². The maximum Gasteiger partial charge on any atom is 0.253 e. The molecule has 0 radical (unpaired) electrons. The van der Waals surface area contributed by atoms with Crippen molar-refractivity contribution < 1.29 is 9.59 Å². The number of rotatable bonds is 3. The molecule has 1 aliphatic rings. The minimum absolute atomic E-state index is 0.0642. The molecular formula is C17H24N2O2. The standard InChI is InChI=1S/C17H24N2O2/c1-13(2)12-15-4-6-16(7-5-15)17(21)19-10-8-18(9-11-19)14(3)20/h4-7,13H,8-12H2,1-3H3. The summed E-state index contributed by atoms with van der Waals surface area (Å²) < 4.78 is 0. The lowest BCUT2D eigenvalue weighted by Gasteiger charge is -2.34. The molecule has 0 aliphatic carbocycles. The van der Waals surface area contributed by atoms with Gasteiger partial charge in [-0.2, -0.15) is 0 Å². The summed E-state index contributed by atoms with van der Waals surface area (Å²) in [6, 6.07) is 7.91. The van der Waals surface area contributed by atoms with E-state index in [1.54, 1.807) is 11.8 Å². The molecule has 1 aromatic rings. The molecule has 1 fully saturated rings. The van der Waals surface area contributed by atoms with Crippen molar-refractivity contribution in [3.63, 3.8) is 0 Å². The summed E-state index contributed by atoms with van der Waals surface area (Å²) in [5.41, 5.74) is 2.00. The van der Waals surface area contributed by atoms with Crippen LogP contribution < -0.4 is 0 Å². The van der Waals surface area contributed by atoms with Crippen molar-refractivity contribution >= 4 is 11.8 Å². The van der Waals surface area contributed by atoms with Crippen molar-refractivity contribution in [2.24, 2.45) is 5.92 Å². The van der Waals surface area contributed by atoms with Crippen LogP contribution in [0.4, 0.5) is 0 Å². The zero-order chi connectivity index (χ0) is 15.4. The molecule has 21 heavy (non-hydrogen) atoms. The number of carbonyl (C=O) groups is 2. The van der Waals surface area contributed by atoms with Gasteiger partial charge in [-0.3, -0.25) is 9.59 Å². The summed E-state index contributed by atoms with van der Waals surface area (Å²) in [7, 11) is 0. The van der Waals surface area contributed by atoms with Crippen molar-refractivity contribution in [3.05, 3.63) is 35.4 Å². The van der Waals surface area contributed by atoms with Crippen LogP contribution in [0.1, 0.15) is 36.7 Å². The Morgan fingerprint density at radius 2 is 1.52 bits per heavy atom. The van der Waals surface area contributed by atoms with E-state index < -0.39 is 0 Å². The average molecular weight is 288 g/mol. The van der Waals surface area contributed by atoms with E-state index in [4.69, 9.17) is 0 Å². The molecule has 1 aliphatic heterocycles. The molecule has 0 atom stereocenters. The van der Waals surface area contributed by atoms with E-state index in [-0.39, 0.29) is 11.8 Å². The third-order valence-corrected chi connectivity index (χ3v) is 3.86. The van der Waals surface area contributed by atoms with Gasteiger partial charge < -0.3 is 9.80 Å². The van der Waals surface area contributed by atoms with Crippen LogP contribution in [0.5, 0.6) is 0 Å². The Morgan fingerprint density at radius 3 is 2.00 bits per heavy atom. The summed E-state index contributed by atoms with van der Waals surface area (Å²) in [6.07, 6.45) is 1.03. The molecule has 0 bridgehead atoms.